The zero-order valence-corrected chi connectivity index (χ0v) is 12.0. The predicted octanol–water partition coefficient (Wildman–Crippen LogP) is 1.45. The molecule has 7 heteroatoms. The number of carbonyl (C=O) groups is 2. The van der Waals surface area contributed by atoms with Crippen LogP contribution >= 0.6 is 15.9 Å². The predicted molar refractivity (Wildman–Crippen MR) is 71.9 cm³/mol. The van der Waals surface area contributed by atoms with E-state index in [-0.39, 0.29) is 5.69 Å². The number of halogens is 1. The van der Waals surface area contributed by atoms with Gasteiger partial charge < -0.3 is 15.2 Å². The van der Waals surface area contributed by atoms with E-state index >= 15 is 0 Å². The molecular weight excluding hydrogens is 316 g/mol. The quantitative estimate of drug-likeness (QED) is 0.739. The maximum Gasteiger partial charge on any atom is 0.326 e. The molecule has 0 bridgehead atoms. The Balaban J connectivity index is 2.66. The van der Waals surface area contributed by atoms with E-state index < -0.39 is 17.9 Å². The molecule has 1 unspecified atom stereocenters. The fraction of sp³-hybridized carbons (Fsp3) is 0.417. The zero-order valence-electron chi connectivity index (χ0n) is 10.4. The molecule has 0 spiro atoms. The average molecular weight is 331 g/mol. The van der Waals surface area contributed by atoms with Crippen molar-refractivity contribution in [2.45, 2.75) is 18.9 Å². The number of carboxylic acids is 1. The first-order valence-electron chi connectivity index (χ1n) is 5.69. The molecular formula is C12H15BrN2O4. The zero-order chi connectivity index (χ0) is 14.3. The minimum absolute atomic E-state index is 0.167. The van der Waals surface area contributed by atoms with Crippen LogP contribution in [0.25, 0.3) is 0 Å². The van der Waals surface area contributed by atoms with Crippen molar-refractivity contribution in [3.63, 3.8) is 0 Å². The van der Waals surface area contributed by atoms with E-state index in [0.29, 0.717) is 23.9 Å². The van der Waals surface area contributed by atoms with Crippen molar-refractivity contribution in [3.8, 4) is 0 Å². The summed E-state index contributed by atoms with van der Waals surface area (Å²) in [5.74, 6) is -1.59. The number of aromatic nitrogens is 1. The molecule has 1 aromatic heterocycles. The van der Waals surface area contributed by atoms with E-state index in [2.05, 4.69) is 26.2 Å². The van der Waals surface area contributed by atoms with E-state index in [0.717, 1.165) is 0 Å². The van der Waals surface area contributed by atoms with E-state index in [1.807, 2.05) is 0 Å². The van der Waals surface area contributed by atoms with Crippen molar-refractivity contribution in [2.75, 3.05) is 13.7 Å². The second-order valence-corrected chi connectivity index (χ2v) is 4.69. The Hall–Kier alpha value is -1.47. The number of hydrogen-bond acceptors (Lipinski definition) is 4. The lowest BCUT2D eigenvalue weighted by atomic mass is 10.1. The summed E-state index contributed by atoms with van der Waals surface area (Å²) in [6, 6.07) is 2.40. The molecule has 0 radical (unpaired) electrons. The van der Waals surface area contributed by atoms with E-state index in [1.165, 1.54) is 6.20 Å². The maximum absolute atomic E-state index is 11.9. The van der Waals surface area contributed by atoms with Gasteiger partial charge in [0.25, 0.3) is 5.91 Å². The monoisotopic (exact) mass is 330 g/mol. The fourth-order valence-electron chi connectivity index (χ4n) is 1.47. The lowest BCUT2D eigenvalue weighted by molar-refractivity contribution is -0.139. The molecule has 6 nitrogen and oxygen atoms in total. The molecule has 0 fully saturated rings. The van der Waals surface area contributed by atoms with Crippen LogP contribution in [0.2, 0.25) is 0 Å². The largest absolute Gasteiger partial charge is 0.480 e. The maximum atomic E-state index is 11.9. The Kier molecular flexibility index (Phi) is 6.44. The first-order chi connectivity index (χ1) is 9.06. The van der Waals surface area contributed by atoms with Gasteiger partial charge in [-0.25, -0.2) is 9.78 Å². The minimum atomic E-state index is -1.07. The van der Waals surface area contributed by atoms with Crippen molar-refractivity contribution in [2.24, 2.45) is 0 Å². The van der Waals surface area contributed by atoms with Crippen molar-refractivity contribution >= 4 is 27.8 Å². The fourth-order valence-corrected chi connectivity index (χ4v) is 1.90. The van der Waals surface area contributed by atoms with Crippen molar-refractivity contribution in [1.29, 1.82) is 0 Å². The molecule has 1 atom stereocenters. The van der Waals surface area contributed by atoms with Crippen LogP contribution in [0.15, 0.2) is 22.8 Å². The smallest absolute Gasteiger partial charge is 0.326 e. The Morgan fingerprint density at radius 1 is 1.58 bits per heavy atom. The average Bonchev–Trinajstić information content (AvgIpc) is 2.38. The summed E-state index contributed by atoms with van der Waals surface area (Å²) in [4.78, 5) is 26.9. The molecule has 19 heavy (non-hydrogen) atoms. The number of carbonyl (C=O) groups excluding carboxylic acids is 1. The molecule has 1 rings (SSSR count). The molecule has 1 amide bonds. The summed E-state index contributed by atoms with van der Waals surface area (Å²) < 4.78 is 5.38. The number of nitrogens with zero attached hydrogens (tertiary/aromatic N) is 1. The SMILES string of the molecule is COCCCC(NC(=O)c1ncccc1Br)C(=O)O. The van der Waals surface area contributed by atoms with Gasteiger partial charge in [-0.3, -0.25) is 4.79 Å². The van der Waals surface area contributed by atoms with Gasteiger partial charge in [0.1, 0.15) is 11.7 Å². The standard InChI is InChI=1S/C12H15BrN2O4/c1-19-7-3-5-9(12(17)18)15-11(16)10-8(13)4-2-6-14-10/h2,4,6,9H,3,5,7H2,1H3,(H,15,16)(H,17,18). The lowest BCUT2D eigenvalue weighted by Gasteiger charge is -2.14. The number of amides is 1. The van der Waals surface area contributed by atoms with Crippen LogP contribution < -0.4 is 5.32 Å². The highest BCUT2D eigenvalue weighted by atomic mass is 79.9. The minimum Gasteiger partial charge on any atom is -0.480 e. The van der Waals surface area contributed by atoms with Gasteiger partial charge in [0.2, 0.25) is 0 Å². The van der Waals surface area contributed by atoms with Crippen LogP contribution in [-0.2, 0) is 9.53 Å². The van der Waals surface area contributed by atoms with Gasteiger partial charge in [-0.1, -0.05) is 0 Å². The second kappa shape index (κ2) is 7.85. The Morgan fingerprint density at radius 2 is 2.32 bits per heavy atom. The number of aliphatic carboxylic acids is 1. The molecule has 0 aliphatic rings. The van der Waals surface area contributed by atoms with Crippen molar-refractivity contribution < 1.29 is 19.4 Å². The summed E-state index contributed by atoms with van der Waals surface area (Å²) in [6.07, 6.45) is 2.33. The Labute approximate surface area is 119 Å². The summed E-state index contributed by atoms with van der Waals surface area (Å²) in [7, 11) is 1.54. The van der Waals surface area contributed by atoms with Crippen LogP contribution in [0.5, 0.6) is 0 Å². The van der Waals surface area contributed by atoms with Gasteiger partial charge >= 0.3 is 5.97 Å². The molecule has 1 aromatic rings. The van der Waals surface area contributed by atoms with Gasteiger partial charge in [-0.2, -0.15) is 0 Å². The number of methoxy groups -OCH3 is 1. The third-order valence-corrected chi connectivity index (χ3v) is 3.06. The first-order valence-corrected chi connectivity index (χ1v) is 6.48. The Morgan fingerprint density at radius 3 is 2.89 bits per heavy atom. The van der Waals surface area contributed by atoms with E-state index in [1.54, 1.807) is 19.2 Å². The highest BCUT2D eigenvalue weighted by Crippen LogP contribution is 2.13. The van der Waals surface area contributed by atoms with Gasteiger partial charge in [0, 0.05) is 24.4 Å². The molecule has 2 N–H and O–H groups in total. The lowest BCUT2D eigenvalue weighted by Crippen LogP contribution is -2.41. The van der Waals surface area contributed by atoms with Gasteiger partial charge in [0.15, 0.2) is 0 Å². The van der Waals surface area contributed by atoms with Crippen LogP contribution in [-0.4, -0.2) is 41.7 Å². The van der Waals surface area contributed by atoms with Gasteiger partial charge in [-0.05, 0) is 40.9 Å². The molecule has 0 saturated carbocycles. The highest BCUT2D eigenvalue weighted by molar-refractivity contribution is 9.10. The molecule has 0 saturated heterocycles. The summed E-state index contributed by atoms with van der Waals surface area (Å²) in [5.41, 5.74) is 0.167. The van der Waals surface area contributed by atoms with Crippen LogP contribution in [0, 0.1) is 0 Å². The van der Waals surface area contributed by atoms with E-state index in [4.69, 9.17) is 9.84 Å². The van der Waals surface area contributed by atoms with Crippen LogP contribution in [0.1, 0.15) is 23.3 Å². The number of carboxylic acid groups (broad SMARTS) is 1. The first kappa shape index (κ1) is 15.6. The number of pyridine rings is 1. The Bertz CT molecular complexity index is 453. The van der Waals surface area contributed by atoms with Gasteiger partial charge in [0.05, 0.1) is 0 Å². The topological polar surface area (TPSA) is 88.5 Å². The van der Waals surface area contributed by atoms with Gasteiger partial charge in [-0.15, -0.1) is 0 Å². The molecule has 0 aliphatic heterocycles. The van der Waals surface area contributed by atoms with Crippen molar-refractivity contribution in [1.82, 2.24) is 10.3 Å². The number of hydrogen-bond donors (Lipinski definition) is 2. The van der Waals surface area contributed by atoms with E-state index in [9.17, 15) is 9.59 Å². The third-order valence-electron chi connectivity index (χ3n) is 2.42. The number of nitrogens with one attached hydrogen (secondary N) is 1. The number of rotatable bonds is 7. The third kappa shape index (κ3) is 4.96. The summed E-state index contributed by atoms with van der Waals surface area (Å²) in [5, 5.41) is 11.5. The normalized spacial score (nSPS) is 11.9. The van der Waals surface area contributed by atoms with Crippen molar-refractivity contribution in [3.05, 3.63) is 28.5 Å². The molecule has 1 heterocycles. The van der Waals surface area contributed by atoms with Crippen LogP contribution in [0.4, 0.5) is 0 Å². The van der Waals surface area contributed by atoms with Crippen LogP contribution in [0.3, 0.4) is 0 Å². The summed E-state index contributed by atoms with van der Waals surface area (Å²) in [6.45, 7) is 0.451. The second-order valence-electron chi connectivity index (χ2n) is 3.83. The molecule has 0 aliphatic carbocycles. The number of ether oxygens (including phenoxy) is 1. The molecule has 0 aromatic carbocycles. The highest BCUT2D eigenvalue weighted by Gasteiger charge is 2.21. The summed E-state index contributed by atoms with van der Waals surface area (Å²) >= 11 is 3.20. The molecule has 104 valence electrons.